The summed E-state index contributed by atoms with van der Waals surface area (Å²) in [5.41, 5.74) is 2.86. The van der Waals surface area contributed by atoms with E-state index in [2.05, 4.69) is 38.1 Å². The number of imidazole rings is 1. The van der Waals surface area contributed by atoms with Gasteiger partial charge in [0.05, 0.1) is 11.5 Å². The van der Waals surface area contributed by atoms with Crippen LogP contribution in [0.3, 0.4) is 0 Å². The molecule has 1 aliphatic heterocycles. The van der Waals surface area contributed by atoms with Gasteiger partial charge in [-0.05, 0) is 56.0 Å². The van der Waals surface area contributed by atoms with Crippen molar-refractivity contribution in [3.63, 3.8) is 0 Å². The summed E-state index contributed by atoms with van der Waals surface area (Å²) in [6, 6.07) is 15.0. The number of aromatic nitrogens is 2. The number of ether oxygens (including phenoxy) is 1. The maximum atomic E-state index is 11.1. The number of hydrogen-bond acceptors (Lipinski definition) is 5. The molecule has 0 unspecified atom stereocenters. The predicted molar refractivity (Wildman–Crippen MR) is 145 cm³/mol. The van der Waals surface area contributed by atoms with E-state index in [9.17, 15) is 10.1 Å². The molecule has 2 heterocycles. The summed E-state index contributed by atoms with van der Waals surface area (Å²) in [5.74, 6) is 1.54. The quantitative estimate of drug-likeness (QED) is 0.164. The number of piperidine rings is 1. The van der Waals surface area contributed by atoms with Crippen LogP contribution in [0.15, 0.2) is 60.9 Å². The maximum Gasteiger partial charge on any atom is 0.271 e. The zero-order chi connectivity index (χ0) is 25.3. The summed E-state index contributed by atoms with van der Waals surface area (Å²) in [6.07, 6.45) is 7.96. The minimum Gasteiger partial charge on any atom is -0.377 e. The largest absolute Gasteiger partial charge is 0.377 e. The molecule has 0 aliphatic carbocycles. The van der Waals surface area contributed by atoms with Crippen LogP contribution in [-0.4, -0.2) is 44.2 Å². The molecule has 1 aromatic heterocycles. The van der Waals surface area contributed by atoms with Gasteiger partial charge in [0.1, 0.15) is 5.82 Å². The Kier molecular flexibility index (Phi) is 9.02. The van der Waals surface area contributed by atoms with Gasteiger partial charge in [-0.2, -0.15) is 0 Å². The molecule has 9 heteroatoms. The van der Waals surface area contributed by atoms with Gasteiger partial charge in [0, 0.05) is 62.4 Å². The Morgan fingerprint density at radius 1 is 1.19 bits per heavy atom. The summed E-state index contributed by atoms with van der Waals surface area (Å²) in [5, 5.41) is 14.9. The summed E-state index contributed by atoms with van der Waals surface area (Å²) < 4.78 is 8.08. The van der Waals surface area contributed by atoms with E-state index in [1.807, 2.05) is 31.3 Å². The van der Waals surface area contributed by atoms with Crippen molar-refractivity contribution in [2.24, 2.45) is 0 Å². The van der Waals surface area contributed by atoms with Crippen molar-refractivity contribution in [2.45, 2.75) is 51.7 Å². The minimum absolute atomic E-state index is 0.0548. The van der Waals surface area contributed by atoms with Gasteiger partial charge in [0.2, 0.25) is 0 Å². The van der Waals surface area contributed by atoms with Crippen LogP contribution in [-0.2, 0) is 17.9 Å². The van der Waals surface area contributed by atoms with E-state index < -0.39 is 0 Å². The fraction of sp³-hybridized carbons (Fsp3) is 0.407. The third-order valence-corrected chi connectivity index (χ3v) is 6.98. The number of likely N-dealkylation sites (tertiary alicyclic amines) is 1. The normalized spacial score (nSPS) is 14.1. The summed E-state index contributed by atoms with van der Waals surface area (Å²) >= 11 is 5.62. The van der Waals surface area contributed by atoms with Gasteiger partial charge in [-0.25, -0.2) is 4.98 Å². The van der Waals surface area contributed by atoms with Gasteiger partial charge >= 0.3 is 0 Å². The number of anilines is 1. The van der Waals surface area contributed by atoms with Crippen molar-refractivity contribution in [3.05, 3.63) is 88.0 Å². The molecule has 1 N–H and O–H groups in total. The number of rotatable bonds is 10. The van der Waals surface area contributed by atoms with E-state index in [0.717, 1.165) is 63.3 Å². The zero-order valence-corrected chi connectivity index (χ0v) is 21.5. The van der Waals surface area contributed by atoms with Crippen molar-refractivity contribution in [2.75, 3.05) is 25.0 Å². The van der Waals surface area contributed by atoms with E-state index in [1.165, 1.54) is 17.7 Å². The Morgan fingerprint density at radius 3 is 2.72 bits per heavy atom. The summed E-state index contributed by atoms with van der Waals surface area (Å²) in [6.45, 7) is 5.92. The molecule has 4 rings (SSSR count). The number of nitro benzene ring substituents is 1. The van der Waals surface area contributed by atoms with Crippen molar-refractivity contribution < 1.29 is 9.66 Å². The van der Waals surface area contributed by atoms with Crippen LogP contribution >= 0.6 is 12.2 Å². The summed E-state index contributed by atoms with van der Waals surface area (Å²) in [4.78, 5) is 17.5. The fourth-order valence-corrected chi connectivity index (χ4v) is 4.81. The van der Waals surface area contributed by atoms with Crippen LogP contribution in [0.25, 0.3) is 0 Å². The number of non-ortho nitro benzene ring substituents is 1. The van der Waals surface area contributed by atoms with Gasteiger partial charge < -0.3 is 19.5 Å². The van der Waals surface area contributed by atoms with E-state index >= 15 is 0 Å². The third-order valence-electron chi connectivity index (χ3n) is 6.62. The molecule has 8 nitrogen and oxygen atoms in total. The maximum absolute atomic E-state index is 11.1. The Bertz CT molecular complexity index is 1160. The average Bonchev–Trinajstić information content (AvgIpc) is 3.36. The Balaban J connectivity index is 1.21. The van der Waals surface area contributed by atoms with Crippen molar-refractivity contribution in [1.82, 2.24) is 14.5 Å². The molecule has 0 amide bonds. The average molecular weight is 508 g/mol. The van der Waals surface area contributed by atoms with Gasteiger partial charge in [-0.1, -0.05) is 36.4 Å². The van der Waals surface area contributed by atoms with Crippen LogP contribution in [0.5, 0.6) is 0 Å². The first kappa shape index (κ1) is 25.8. The molecule has 36 heavy (non-hydrogen) atoms. The third kappa shape index (κ3) is 6.89. The van der Waals surface area contributed by atoms with Gasteiger partial charge in [0.15, 0.2) is 5.11 Å². The number of benzene rings is 2. The first-order valence-electron chi connectivity index (χ1n) is 12.4. The molecule has 0 atom stereocenters. The molecule has 1 saturated heterocycles. The van der Waals surface area contributed by atoms with Crippen LogP contribution in [0.4, 0.5) is 11.4 Å². The highest BCUT2D eigenvalue weighted by molar-refractivity contribution is 7.80. The van der Waals surface area contributed by atoms with E-state index in [0.29, 0.717) is 23.3 Å². The van der Waals surface area contributed by atoms with Crippen LogP contribution in [0.2, 0.25) is 0 Å². The highest BCUT2D eigenvalue weighted by atomic mass is 32.1. The van der Waals surface area contributed by atoms with Crippen molar-refractivity contribution in [3.8, 4) is 0 Å². The lowest BCUT2D eigenvalue weighted by Crippen LogP contribution is -2.40. The van der Waals surface area contributed by atoms with Gasteiger partial charge in [-0.3, -0.25) is 10.1 Å². The first-order chi connectivity index (χ1) is 17.5. The van der Waals surface area contributed by atoms with Crippen molar-refractivity contribution in [1.29, 1.82) is 0 Å². The fourth-order valence-electron chi connectivity index (χ4n) is 4.51. The minimum atomic E-state index is -0.390. The highest BCUT2D eigenvalue weighted by Crippen LogP contribution is 2.28. The van der Waals surface area contributed by atoms with Crippen LogP contribution < -0.4 is 5.32 Å². The Hall–Kier alpha value is -3.30. The Morgan fingerprint density at radius 2 is 1.97 bits per heavy atom. The second kappa shape index (κ2) is 12.6. The number of unbranched alkanes of at least 4 members (excludes halogenated alkanes) is 1. The van der Waals surface area contributed by atoms with E-state index in [1.54, 1.807) is 6.07 Å². The summed E-state index contributed by atoms with van der Waals surface area (Å²) in [7, 11) is 0. The monoisotopic (exact) mass is 507 g/mol. The second-order valence-electron chi connectivity index (χ2n) is 9.17. The molecule has 190 valence electrons. The first-order valence-corrected chi connectivity index (χ1v) is 12.9. The molecule has 1 fully saturated rings. The van der Waals surface area contributed by atoms with Crippen LogP contribution in [0, 0.1) is 17.0 Å². The molecule has 1 aliphatic rings. The number of nitrogens with zero attached hydrogens (tertiary/aromatic N) is 4. The lowest BCUT2D eigenvalue weighted by Gasteiger charge is -2.34. The number of nitro groups is 1. The lowest BCUT2D eigenvalue weighted by atomic mass is 9.96. The molecule has 0 spiro atoms. The SMILES string of the molecule is Cc1ccc([N+](=O)[O-])cc1NC(=S)N1CCC(c2nccn2CCCCOCc2ccccc2)CC1. The standard InChI is InChI=1S/C27H33N5O3S/c1-21-9-10-24(32(33)34)19-25(21)29-27(36)31-15-11-23(12-16-31)26-28-13-17-30(26)14-5-6-18-35-20-22-7-3-2-4-8-22/h2-4,7-10,13,17,19,23H,5-6,11-12,14-16,18,20H2,1H3,(H,29,36). The van der Waals surface area contributed by atoms with Gasteiger partial charge in [0.25, 0.3) is 5.69 Å². The molecule has 3 aromatic rings. The second-order valence-corrected chi connectivity index (χ2v) is 9.56. The number of hydrogen-bond donors (Lipinski definition) is 1. The lowest BCUT2D eigenvalue weighted by molar-refractivity contribution is -0.384. The molecule has 2 aromatic carbocycles. The zero-order valence-electron chi connectivity index (χ0n) is 20.6. The Labute approximate surface area is 217 Å². The molecule has 0 bridgehead atoms. The van der Waals surface area contributed by atoms with E-state index in [4.69, 9.17) is 17.0 Å². The number of thiocarbonyl (C=S) groups is 1. The number of nitrogens with one attached hydrogen (secondary N) is 1. The van der Waals surface area contributed by atoms with Crippen molar-refractivity contribution >= 4 is 28.7 Å². The molecular formula is C27H33N5O3S. The molecule has 0 saturated carbocycles. The van der Waals surface area contributed by atoms with E-state index in [-0.39, 0.29) is 10.6 Å². The number of aryl methyl sites for hydroxylation is 2. The predicted octanol–water partition coefficient (Wildman–Crippen LogP) is 5.67. The molecule has 0 radical (unpaired) electrons. The molecular weight excluding hydrogens is 474 g/mol. The topological polar surface area (TPSA) is 85.5 Å². The highest BCUT2D eigenvalue weighted by Gasteiger charge is 2.25. The van der Waals surface area contributed by atoms with Gasteiger partial charge in [-0.15, -0.1) is 0 Å². The van der Waals surface area contributed by atoms with Crippen LogP contribution in [0.1, 0.15) is 48.6 Å². The smallest absolute Gasteiger partial charge is 0.271 e.